The summed E-state index contributed by atoms with van der Waals surface area (Å²) in [6.45, 7) is 0. The zero-order valence-electron chi connectivity index (χ0n) is 12.8. The van der Waals surface area contributed by atoms with Crippen LogP contribution in [0.15, 0.2) is 24.3 Å². The standard InChI is InChI=1S/C17H25N3S/c1-20-16-10-6-5-9-15(16)19-17(20)11-13(18)12-21-14-7-3-2-4-8-14/h5-6,9-10,13-14H,2-4,7-8,11-12,18H2,1H3. The highest BCUT2D eigenvalue weighted by atomic mass is 32.2. The van der Waals surface area contributed by atoms with E-state index in [0.29, 0.717) is 0 Å². The maximum absolute atomic E-state index is 6.34. The molecular formula is C17H25N3S. The van der Waals surface area contributed by atoms with Gasteiger partial charge in [0.2, 0.25) is 0 Å². The quantitative estimate of drug-likeness (QED) is 0.919. The smallest absolute Gasteiger partial charge is 0.111 e. The van der Waals surface area contributed by atoms with Crippen molar-refractivity contribution in [2.75, 3.05) is 5.75 Å². The molecule has 2 N–H and O–H groups in total. The third-order valence-electron chi connectivity index (χ3n) is 4.42. The Balaban J connectivity index is 1.58. The fraction of sp³-hybridized carbons (Fsp3) is 0.588. The highest BCUT2D eigenvalue weighted by Crippen LogP contribution is 2.28. The van der Waals surface area contributed by atoms with Crippen molar-refractivity contribution in [3.63, 3.8) is 0 Å². The Hall–Kier alpha value is -1.00. The Kier molecular flexibility index (Phi) is 4.86. The molecule has 21 heavy (non-hydrogen) atoms. The van der Waals surface area contributed by atoms with Crippen molar-refractivity contribution in [1.29, 1.82) is 0 Å². The molecular weight excluding hydrogens is 278 g/mol. The van der Waals surface area contributed by atoms with Crippen LogP contribution in [0, 0.1) is 0 Å². The first-order chi connectivity index (χ1) is 10.2. The van der Waals surface area contributed by atoms with E-state index in [0.717, 1.165) is 28.8 Å². The van der Waals surface area contributed by atoms with Crippen LogP contribution in [0.3, 0.4) is 0 Å². The molecule has 1 aromatic heterocycles. The summed E-state index contributed by atoms with van der Waals surface area (Å²) in [5.74, 6) is 2.15. The van der Waals surface area contributed by atoms with Crippen molar-refractivity contribution in [2.45, 2.75) is 49.8 Å². The van der Waals surface area contributed by atoms with Gasteiger partial charge >= 0.3 is 0 Å². The second kappa shape index (κ2) is 6.84. The van der Waals surface area contributed by atoms with E-state index in [-0.39, 0.29) is 6.04 Å². The zero-order valence-corrected chi connectivity index (χ0v) is 13.6. The Morgan fingerprint density at radius 2 is 2.05 bits per heavy atom. The monoisotopic (exact) mass is 303 g/mol. The summed E-state index contributed by atoms with van der Waals surface area (Å²) < 4.78 is 2.18. The lowest BCUT2D eigenvalue weighted by Crippen LogP contribution is -2.28. The molecule has 1 aliphatic carbocycles. The predicted molar refractivity (Wildman–Crippen MR) is 91.7 cm³/mol. The van der Waals surface area contributed by atoms with E-state index in [4.69, 9.17) is 10.7 Å². The van der Waals surface area contributed by atoms with Crippen LogP contribution in [-0.2, 0) is 13.5 Å². The van der Waals surface area contributed by atoms with Gasteiger partial charge in [0.15, 0.2) is 0 Å². The van der Waals surface area contributed by atoms with E-state index in [2.05, 4.69) is 41.6 Å². The number of imidazole rings is 1. The molecule has 1 heterocycles. The van der Waals surface area contributed by atoms with Gasteiger partial charge in [0.1, 0.15) is 5.82 Å². The second-order valence-electron chi connectivity index (χ2n) is 6.13. The fourth-order valence-corrected chi connectivity index (χ4v) is 4.47. The normalized spacial score (nSPS) is 18.2. The Labute approximate surface area is 131 Å². The molecule has 1 fully saturated rings. The van der Waals surface area contributed by atoms with Crippen LogP contribution in [0.1, 0.15) is 37.9 Å². The van der Waals surface area contributed by atoms with E-state index >= 15 is 0 Å². The minimum absolute atomic E-state index is 0.201. The maximum Gasteiger partial charge on any atom is 0.111 e. The van der Waals surface area contributed by atoms with E-state index in [1.54, 1.807) is 0 Å². The van der Waals surface area contributed by atoms with Gasteiger partial charge in [0.25, 0.3) is 0 Å². The van der Waals surface area contributed by atoms with Gasteiger partial charge in [-0.2, -0.15) is 11.8 Å². The van der Waals surface area contributed by atoms with Crippen LogP contribution in [0.25, 0.3) is 11.0 Å². The third kappa shape index (κ3) is 3.61. The van der Waals surface area contributed by atoms with Crippen LogP contribution >= 0.6 is 11.8 Å². The number of thioether (sulfide) groups is 1. The average molecular weight is 303 g/mol. The average Bonchev–Trinajstić information content (AvgIpc) is 2.83. The molecule has 1 aliphatic rings. The minimum Gasteiger partial charge on any atom is -0.331 e. The maximum atomic E-state index is 6.34. The highest BCUT2D eigenvalue weighted by Gasteiger charge is 2.17. The molecule has 0 radical (unpaired) electrons. The summed E-state index contributed by atoms with van der Waals surface area (Å²) in [5, 5.41) is 0.838. The lowest BCUT2D eigenvalue weighted by molar-refractivity contribution is 0.515. The van der Waals surface area contributed by atoms with E-state index in [1.165, 1.54) is 37.6 Å². The van der Waals surface area contributed by atoms with Gasteiger partial charge in [-0.25, -0.2) is 4.98 Å². The molecule has 0 saturated heterocycles. The Bertz CT molecular complexity index is 587. The number of fused-ring (bicyclic) bond motifs is 1. The number of aryl methyl sites for hydroxylation is 1. The van der Waals surface area contributed by atoms with Crippen LogP contribution < -0.4 is 5.73 Å². The van der Waals surface area contributed by atoms with Crippen molar-refractivity contribution >= 4 is 22.8 Å². The van der Waals surface area contributed by atoms with Gasteiger partial charge < -0.3 is 10.3 Å². The number of nitrogens with zero attached hydrogens (tertiary/aromatic N) is 2. The van der Waals surface area contributed by atoms with Crippen LogP contribution in [-0.4, -0.2) is 26.6 Å². The summed E-state index contributed by atoms with van der Waals surface area (Å²) in [5.41, 5.74) is 8.60. The van der Waals surface area contributed by atoms with E-state index in [9.17, 15) is 0 Å². The van der Waals surface area contributed by atoms with Crippen molar-refractivity contribution in [3.8, 4) is 0 Å². The fourth-order valence-electron chi connectivity index (χ4n) is 3.16. The predicted octanol–water partition coefficient (Wildman–Crippen LogP) is 3.51. The van der Waals surface area contributed by atoms with Gasteiger partial charge in [0, 0.05) is 30.5 Å². The third-order valence-corrected chi connectivity index (χ3v) is 5.99. The molecule has 0 aliphatic heterocycles. The summed E-state index contributed by atoms with van der Waals surface area (Å²) in [4.78, 5) is 4.72. The first-order valence-corrected chi connectivity index (χ1v) is 9.06. The number of hydrogen-bond donors (Lipinski definition) is 1. The summed E-state index contributed by atoms with van der Waals surface area (Å²) in [6, 6.07) is 8.49. The Morgan fingerprint density at radius 1 is 1.29 bits per heavy atom. The topological polar surface area (TPSA) is 43.8 Å². The first-order valence-electron chi connectivity index (χ1n) is 8.01. The number of benzene rings is 1. The number of rotatable bonds is 5. The van der Waals surface area contributed by atoms with E-state index < -0.39 is 0 Å². The van der Waals surface area contributed by atoms with Gasteiger partial charge in [0.05, 0.1) is 11.0 Å². The Morgan fingerprint density at radius 3 is 2.81 bits per heavy atom. The molecule has 1 saturated carbocycles. The molecule has 3 rings (SSSR count). The van der Waals surface area contributed by atoms with Gasteiger partial charge in [-0.15, -0.1) is 0 Å². The van der Waals surface area contributed by atoms with Gasteiger partial charge in [-0.1, -0.05) is 31.4 Å². The van der Waals surface area contributed by atoms with Gasteiger partial charge in [-0.3, -0.25) is 0 Å². The van der Waals surface area contributed by atoms with Crippen LogP contribution in [0.2, 0.25) is 0 Å². The lowest BCUT2D eigenvalue weighted by Gasteiger charge is -2.22. The van der Waals surface area contributed by atoms with Crippen molar-refractivity contribution in [3.05, 3.63) is 30.1 Å². The molecule has 2 aromatic rings. The molecule has 1 atom stereocenters. The number of hydrogen-bond acceptors (Lipinski definition) is 3. The molecule has 114 valence electrons. The highest BCUT2D eigenvalue weighted by molar-refractivity contribution is 7.99. The first kappa shape index (κ1) is 14.9. The molecule has 3 nitrogen and oxygen atoms in total. The number of aromatic nitrogens is 2. The molecule has 1 unspecified atom stereocenters. The molecule has 0 bridgehead atoms. The van der Waals surface area contributed by atoms with Crippen molar-refractivity contribution in [1.82, 2.24) is 9.55 Å². The molecule has 0 spiro atoms. The minimum atomic E-state index is 0.201. The number of nitrogens with two attached hydrogens (primary N) is 1. The van der Waals surface area contributed by atoms with Gasteiger partial charge in [-0.05, 0) is 25.0 Å². The van der Waals surface area contributed by atoms with E-state index in [1.807, 2.05) is 6.07 Å². The van der Waals surface area contributed by atoms with Crippen molar-refractivity contribution < 1.29 is 0 Å². The molecule has 4 heteroatoms. The summed E-state index contributed by atoms with van der Waals surface area (Å²) >= 11 is 2.08. The summed E-state index contributed by atoms with van der Waals surface area (Å²) in [7, 11) is 2.09. The van der Waals surface area contributed by atoms with Crippen molar-refractivity contribution in [2.24, 2.45) is 12.8 Å². The van der Waals surface area contributed by atoms with Crippen LogP contribution in [0.4, 0.5) is 0 Å². The zero-order chi connectivity index (χ0) is 14.7. The lowest BCUT2D eigenvalue weighted by atomic mass is 10.0. The van der Waals surface area contributed by atoms with Crippen LogP contribution in [0.5, 0.6) is 0 Å². The molecule has 1 aromatic carbocycles. The number of para-hydroxylation sites is 2. The second-order valence-corrected chi connectivity index (χ2v) is 7.47. The summed E-state index contributed by atoms with van der Waals surface area (Å²) in [6.07, 6.45) is 7.84. The molecule has 0 amide bonds. The SMILES string of the molecule is Cn1c(CC(N)CSC2CCCCC2)nc2ccccc21. The largest absolute Gasteiger partial charge is 0.331 e.